The van der Waals surface area contributed by atoms with Crippen LogP contribution in [0.15, 0.2) is 0 Å². The number of hydrogen-bond donors (Lipinski definition) is 0. The van der Waals surface area contributed by atoms with Crippen molar-refractivity contribution in [2.24, 2.45) is 5.92 Å². The van der Waals surface area contributed by atoms with Gasteiger partial charge >= 0.3 is 0 Å². The Morgan fingerprint density at radius 3 is 2.58 bits per heavy atom. The Morgan fingerprint density at radius 1 is 1.50 bits per heavy atom. The van der Waals surface area contributed by atoms with Gasteiger partial charge in [0.1, 0.15) is 5.72 Å². The molecule has 1 unspecified atom stereocenters. The molecule has 0 amide bonds. The molecule has 1 saturated heterocycles. The van der Waals surface area contributed by atoms with Crippen LogP contribution in [0.25, 0.3) is 0 Å². The largest absolute Gasteiger partial charge is 0.360 e. The van der Waals surface area contributed by atoms with Gasteiger partial charge < -0.3 is 4.74 Å². The lowest BCUT2D eigenvalue weighted by molar-refractivity contribution is -0.197. The first-order chi connectivity index (χ1) is 5.61. The Hall–Kier alpha value is -0.0800. The first kappa shape index (κ1) is 10.0. The quantitative estimate of drug-likeness (QED) is 0.631. The van der Waals surface area contributed by atoms with Gasteiger partial charge in [0.05, 0.1) is 6.61 Å². The Balaban J connectivity index is 2.68. The highest BCUT2D eigenvalue weighted by Crippen LogP contribution is 2.29. The third-order valence-electron chi connectivity index (χ3n) is 3.05. The highest BCUT2D eigenvalue weighted by atomic mass is 16.5. The topological polar surface area (TPSA) is 12.5 Å². The molecule has 0 N–H and O–H groups in total. The molecule has 0 radical (unpaired) electrons. The van der Waals surface area contributed by atoms with Gasteiger partial charge in [-0.2, -0.15) is 0 Å². The molecular formula is C10H21NO. The number of ether oxygens (including phenoxy) is 1. The van der Waals surface area contributed by atoms with Crippen molar-refractivity contribution in [1.82, 2.24) is 4.90 Å². The van der Waals surface area contributed by atoms with Crippen molar-refractivity contribution in [3.63, 3.8) is 0 Å². The highest BCUT2D eigenvalue weighted by molar-refractivity contribution is 4.82. The van der Waals surface area contributed by atoms with Crippen molar-refractivity contribution in [1.29, 1.82) is 0 Å². The number of rotatable bonds is 2. The molecule has 2 nitrogen and oxygen atoms in total. The van der Waals surface area contributed by atoms with Gasteiger partial charge in [0.25, 0.3) is 0 Å². The molecule has 0 saturated carbocycles. The lowest BCUT2D eigenvalue weighted by Crippen LogP contribution is -2.55. The van der Waals surface area contributed by atoms with Crippen LogP contribution >= 0.6 is 0 Å². The molecule has 0 aromatic heterocycles. The fraction of sp³-hybridized carbons (Fsp3) is 1.00. The third kappa shape index (κ3) is 1.64. The van der Waals surface area contributed by atoms with Crippen LogP contribution in [-0.4, -0.2) is 30.3 Å². The summed E-state index contributed by atoms with van der Waals surface area (Å²) < 4.78 is 5.86. The minimum atomic E-state index is -0.0208. The molecule has 12 heavy (non-hydrogen) atoms. The predicted molar refractivity (Wildman–Crippen MR) is 51.1 cm³/mol. The zero-order chi connectivity index (χ0) is 9.19. The maximum absolute atomic E-state index is 5.86. The summed E-state index contributed by atoms with van der Waals surface area (Å²) >= 11 is 0. The molecule has 1 rings (SSSR count). The lowest BCUT2D eigenvalue weighted by Gasteiger charge is -2.46. The third-order valence-corrected chi connectivity index (χ3v) is 3.05. The second-order valence-electron chi connectivity index (χ2n) is 3.99. The van der Waals surface area contributed by atoms with Gasteiger partial charge in [0, 0.05) is 6.54 Å². The smallest absolute Gasteiger partial charge is 0.121 e. The van der Waals surface area contributed by atoms with Gasteiger partial charge in [-0.3, -0.25) is 4.90 Å². The normalized spacial score (nSPS) is 32.8. The van der Waals surface area contributed by atoms with E-state index in [2.05, 4.69) is 32.6 Å². The molecular weight excluding hydrogens is 150 g/mol. The maximum Gasteiger partial charge on any atom is 0.121 e. The van der Waals surface area contributed by atoms with Crippen molar-refractivity contribution in [3.8, 4) is 0 Å². The predicted octanol–water partition coefficient (Wildman–Crippen LogP) is 2.10. The maximum atomic E-state index is 5.86. The van der Waals surface area contributed by atoms with Crippen LogP contribution in [0.5, 0.6) is 0 Å². The van der Waals surface area contributed by atoms with Gasteiger partial charge in [-0.25, -0.2) is 0 Å². The number of hydrogen-bond acceptors (Lipinski definition) is 2. The second-order valence-corrected chi connectivity index (χ2v) is 3.99. The molecule has 1 fully saturated rings. The first-order valence-corrected chi connectivity index (χ1v) is 5.00. The summed E-state index contributed by atoms with van der Waals surface area (Å²) in [4.78, 5) is 2.43. The van der Waals surface area contributed by atoms with Crippen LogP contribution in [0.1, 0.15) is 34.1 Å². The zero-order valence-electron chi connectivity index (χ0n) is 8.76. The van der Waals surface area contributed by atoms with Crippen LogP contribution in [0, 0.1) is 5.92 Å². The molecule has 0 aromatic carbocycles. The van der Waals surface area contributed by atoms with E-state index in [-0.39, 0.29) is 5.72 Å². The van der Waals surface area contributed by atoms with Crippen molar-refractivity contribution in [2.75, 3.05) is 19.7 Å². The summed E-state index contributed by atoms with van der Waals surface area (Å²) in [7, 11) is 0. The molecule has 1 heterocycles. The zero-order valence-corrected chi connectivity index (χ0v) is 8.76. The Bertz CT molecular complexity index is 147. The summed E-state index contributed by atoms with van der Waals surface area (Å²) in [5, 5.41) is 0. The minimum Gasteiger partial charge on any atom is -0.360 e. The van der Waals surface area contributed by atoms with Crippen LogP contribution in [0.2, 0.25) is 0 Å². The van der Waals surface area contributed by atoms with E-state index in [1.807, 2.05) is 0 Å². The van der Waals surface area contributed by atoms with Crippen molar-refractivity contribution in [3.05, 3.63) is 0 Å². The van der Waals surface area contributed by atoms with Gasteiger partial charge in [0.2, 0.25) is 0 Å². The van der Waals surface area contributed by atoms with Gasteiger partial charge in [-0.15, -0.1) is 0 Å². The monoisotopic (exact) mass is 171 g/mol. The standard InChI is InChI=1S/C10H21NO/c1-5-11-7-6-8-12-10(11,4)9(2)3/h9H,5-8H2,1-4H3. The molecule has 2 heteroatoms. The Kier molecular flexibility index (Phi) is 3.13. The van der Waals surface area contributed by atoms with E-state index in [1.54, 1.807) is 0 Å². The molecule has 72 valence electrons. The van der Waals surface area contributed by atoms with E-state index < -0.39 is 0 Å². The van der Waals surface area contributed by atoms with Crippen molar-refractivity contribution < 1.29 is 4.74 Å². The van der Waals surface area contributed by atoms with E-state index in [0.717, 1.165) is 13.2 Å². The number of nitrogens with zero attached hydrogens (tertiary/aromatic N) is 1. The van der Waals surface area contributed by atoms with E-state index in [4.69, 9.17) is 4.74 Å². The van der Waals surface area contributed by atoms with Crippen LogP contribution in [0.4, 0.5) is 0 Å². The summed E-state index contributed by atoms with van der Waals surface area (Å²) in [6.45, 7) is 12.1. The Morgan fingerprint density at radius 2 is 2.17 bits per heavy atom. The highest BCUT2D eigenvalue weighted by Gasteiger charge is 2.37. The summed E-state index contributed by atoms with van der Waals surface area (Å²) in [6, 6.07) is 0. The molecule has 0 aromatic rings. The fourth-order valence-corrected chi connectivity index (χ4v) is 1.85. The molecule has 0 bridgehead atoms. The molecule has 0 aliphatic carbocycles. The van der Waals surface area contributed by atoms with E-state index in [0.29, 0.717) is 5.92 Å². The lowest BCUT2D eigenvalue weighted by atomic mass is 9.98. The summed E-state index contributed by atoms with van der Waals surface area (Å²) in [5.74, 6) is 0.567. The van der Waals surface area contributed by atoms with Crippen LogP contribution < -0.4 is 0 Å². The average Bonchev–Trinajstić information content (AvgIpc) is 2.05. The SMILES string of the molecule is CCN1CCCOC1(C)C(C)C. The van der Waals surface area contributed by atoms with Gasteiger partial charge in [-0.05, 0) is 25.8 Å². The Labute approximate surface area is 75.9 Å². The van der Waals surface area contributed by atoms with Crippen LogP contribution in [-0.2, 0) is 4.74 Å². The molecule has 1 aliphatic rings. The summed E-state index contributed by atoms with van der Waals surface area (Å²) in [5.41, 5.74) is -0.0208. The van der Waals surface area contributed by atoms with Gasteiger partial charge in [0.15, 0.2) is 0 Å². The summed E-state index contributed by atoms with van der Waals surface area (Å²) in [6.07, 6.45) is 1.18. The van der Waals surface area contributed by atoms with E-state index >= 15 is 0 Å². The molecule has 1 aliphatic heterocycles. The second kappa shape index (κ2) is 3.75. The van der Waals surface area contributed by atoms with E-state index in [1.165, 1.54) is 13.0 Å². The molecule has 0 spiro atoms. The first-order valence-electron chi connectivity index (χ1n) is 5.00. The average molecular weight is 171 g/mol. The minimum absolute atomic E-state index is 0.0208. The fourth-order valence-electron chi connectivity index (χ4n) is 1.85. The van der Waals surface area contributed by atoms with Crippen molar-refractivity contribution >= 4 is 0 Å². The van der Waals surface area contributed by atoms with Gasteiger partial charge in [-0.1, -0.05) is 20.8 Å². The van der Waals surface area contributed by atoms with Crippen LogP contribution in [0.3, 0.4) is 0 Å². The van der Waals surface area contributed by atoms with E-state index in [9.17, 15) is 0 Å². The van der Waals surface area contributed by atoms with Crippen molar-refractivity contribution in [2.45, 2.75) is 39.8 Å². The molecule has 1 atom stereocenters.